The summed E-state index contributed by atoms with van der Waals surface area (Å²) in [5.41, 5.74) is -0.449. The first-order valence-electron chi connectivity index (χ1n) is 10.6. The van der Waals surface area contributed by atoms with Gasteiger partial charge in [0.25, 0.3) is 0 Å². The van der Waals surface area contributed by atoms with Crippen molar-refractivity contribution < 1.29 is 35.9 Å². The number of amides is 1. The van der Waals surface area contributed by atoms with Gasteiger partial charge in [-0.15, -0.1) is 13.2 Å². The maximum Gasteiger partial charge on any atom is 0.573 e. The van der Waals surface area contributed by atoms with Crippen LogP contribution in [0.4, 0.5) is 18.9 Å². The topological polar surface area (TPSA) is 81.7 Å². The molecule has 0 aliphatic rings. The van der Waals surface area contributed by atoms with Crippen molar-refractivity contribution in [2.75, 3.05) is 25.3 Å². The van der Waals surface area contributed by atoms with Gasteiger partial charge in [0.1, 0.15) is 5.75 Å². The zero-order valence-electron chi connectivity index (χ0n) is 19.8. The Kier molecular flexibility index (Phi) is 8.48. The van der Waals surface area contributed by atoms with Gasteiger partial charge in [0.15, 0.2) is 9.84 Å². The van der Waals surface area contributed by atoms with Gasteiger partial charge < -0.3 is 14.8 Å². The van der Waals surface area contributed by atoms with E-state index in [-0.39, 0.29) is 38.4 Å². The van der Waals surface area contributed by atoms with E-state index in [9.17, 15) is 26.4 Å². The second-order valence-corrected chi connectivity index (χ2v) is 11.2. The molecule has 0 radical (unpaired) electrons. The molecule has 0 saturated heterocycles. The third-order valence-electron chi connectivity index (χ3n) is 5.54. The predicted octanol–water partition coefficient (Wildman–Crippen LogP) is 6.51. The Morgan fingerprint density at radius 1 is 1.00 bits per heavy atom. The Balaban J connectivity index is 1.95. The molecule has 198 valence electrons. The summed E-state index contributed by atoms with van der Waals surface area (Å²) in [6.07, 6.45) is -3.85. The van der Waals surface area contributed by atoms with E-state index in [2.05, 4.69) is 10.1 Å². The summed E-state index contributed by atoms with van der Waals surface area (Å²) >= 11 is 12.8. The number of hydrogen-bond acceptors (Lipinski definition) is 5. The third kappa shape index (κ3) is 6.75. The lowest BCUT2D eigenvalue weighted by molar-refractivity contribution is -0.274. The second-order valence-electron chi connectivity index (χ2n) is 8.37. The van der Waals surface area contributed by atoms with Crippen LogP contribution < -0.4 is 10.1 Å². The highest BCUT2D eigenvalue weighted by Crippen LogP contribution is 2.43. The molecule has 0 aromatic heterocycles. The van der Waals surface area contributed by atoms with Crippen molar-refractivity contribution in [1.29, 1.82) is 0 Å². The minimum atomic E-state index is -4.92. The summed E-state index contributed by atoms with van der Waals surface area (Å²) in [6, 6.07) is 13.9. The molecular weight excluding hydrogens is 554 g/mol. The maximum absolute atomic E-state index is 13.4. The van der Waals surface area contributed by atoms with Crippen LogP contribution >= 0.6 is 23.2 Å². The molecule has 0 saturated carbocycles. The van der Waals surface area contributed by atoms with Crippen LogP contribution in [-0.2, 0) is 24.8 Å². The lowest BCUT2D eigenvalue weighted by Gasteiger charge is -2.28. The van der Waals surface area contributed by atoms with Crippen molar-refractivity contribution >= 4 is 44.6 Å². The summed E-state index contributed by atoms with van der Waals surface area (Å²) in [5.74, 6) is -0.997. The second kappa shape index (κ2) is 10.9. The highest BCUT2D eigenvalue weighted by molar-refractivity contribution is 7.90. The third-order valence-corrected chi connectivity index (χ3v) is 7.26. The van der Waals surface area contributed by atoms with Crippen LogP contribution in [-0.4, -0.2) is 40.7 Å². The lowest BCUT2D eigenvalue weighted by Crippen LogP contribution is -2.41. The summed E-state index contributed by atoms with van der Waals surface area (Å²) < 4.78 is 71.5. The number of halogens is 5. The highest BCUT2D eigenvalue weighted by Gasteiger charge is 2.36. The van der Waals surface area contributed by atoms with Gasteiger partial charge in [-0.3, -0.25) is 4.79 Å². The number of hydrogen-bond donors (Lipinski definition) is 1. The first-order chi connectivity index (χ1) is 17.2. The van der Waals surface area contributed by atoms with E-state index in [4.69, 9.17) is 27.9 Å². The number of ether oxygens (including phenoxy) is 2. The Morgan fingerprint density at radius 3 is 2.08 bits per heavy atom. The fraction of sp³-hybridized carbons (Fsp3) is 0.240. The van der Waals surface area contributed by atoms with Crippen molar-refractivity contribution in [3.8, 4) is 16.9 Å². The molecule has 1 amide bonds. The van der Waals surface area contributed by atoms with Crippen molar-refractivity contribution in [2.45, 2.75) is 23.6 Å². The van der Waals surface area contributed by atoms with E-state index in [0.717, 1.165) is 12.3 Å². The zero-order valence-corrected chi connectivity index (χ0v) is 22.1. The van der Waals surface area contributed by atoms with Crippen molar-refractivity contribution in [3.63, 3.8) is 0 Å². The number of benzene rings is 3. The molecule has 37 heavy (non-hydrogen) atoms. The number of sulfone groups is 1. The van der Waals surface area contributed by atoms with E-state index in [1.54, 1.807) is 6.92 Å². The van der Waals surface area contributed by atoms with E-state index in [1.165, 1.54) is 61.7 Å². The number of methoxy groups -OCH3 is 1. The van der Waals surface area contributed by atoms with E-state index in [1.807, 2.05) is 0 Å². The molecule has 0 aliphatic heterocycles. The lowest BCUT2D eigenvalue weighted by atomic mass is 9.82. The number of nitrogens with one attached hydrogen (secondary N) is 1. The van der Waals surface area contributed by atoms with Crippen LogP contribution in [0.1, 0.15) is 12.5 Å². The minimum absolute atomic E-state index is 0.0166. The number of carbonyl (C=O) groups excluding carboxylic acids is 1. The van der Waals surface area contributed by atoms with E-state index < -0.39 is 33.3 Å². The van der Waals surface area contributed by atoms with Gasteiger partial charge in [0, 0.05) is 30.2 Å². The molecule has 3 rings (SSSR count). The number of rotatable bonds is 8. The summed E-state index contributed by atoms with van der Waals surface area (Å²) in [4.78, 5) is 13.5. The SMILES string of the molecule is COC[C@@](C)(C(=O)Nc1cc(Cl)c(-c2ccccc2OC(F)(F)F)c(Cl)c1)c1ccc(S(C)(=O)=O)cc1. The van der Waals surface area contributed by atoms with Gasteiger partial charge in [0.2, 0.25) is 5.91 Å². The molecule has 0 heterocycles. The van der Waals surface area contributed by atoms with Gasteiger partial charge in [0.05, 0.1) is 27.0 Å². The van der Waals surface area contributed by atoms with Crippen molar-refractivity contribution in [3.05, 3.63) is 76.3 Å². The van der Waals surface area contributed by atoms with Crippen LogP contribution in [0.5, 0.6) is 5.75 Å². The maximum atomic E-state index is 13.4. The number of anilines is 1. The zero-order chi connectivity index (χ0) is 27.6. The number of alkyl halides is 3. The quantitative estimate of drug-likeness (QED) is 0.331. The standard InChI is InChI=1S/C25H22Cl2F3NO5S/c1-24(14-35-2,15-8-10-17(11-9-15)37(3,33)34)23(32)31-16-12-19(26)22(20(27)13-16)18-6-4-5-7-21(18)36-25(28,29)30/h4-13H,14H2,1-3H3,(H,31,32)/t24-/m1/s1. The van der Waals surface area contributed by atoms with Crippen LogP contribution in [0.25, 0.3) is 11.1 Å². The predicted molar refractivity (Wildman–Crippen MR) is 136 cm³/mol. The normalized spacial score (nSPS) is 13.6. The van der Waals surface area contributed by atoms with Crippen LogP contribution in [0.15, 0.2) is 65.6 Å². The summed E-state index contributed by atoms with van der Waals surface area (Å²) in [5, 5.41) is 2.66. The molecule has 0 fully saturated rings. The molecule has 1 atom stereocenters. The molecule has 0 spiro atoms. The summed E-state index contributed by atoms with van der Waals surface area (Å²) in [6.45, 7) is 1.57. The smallest absolute Gasteiger partial charge is 0.405 e. The first-order valence-corrected chi connectivity index (χ1v) is 13.3. The van der Waals surface area contributed by atoms with Gasteiger partial charge in [-0.25, -0.2) is 8.42 Å². The molecule has 3 aromatic carbocycles. The highest BCUT2D eigenvalue weighted by atomic mass is 35.5. The van der Waals surface area contributed by atoms with Crippen molar-refractivity contribution in [1.82, 2.24) is 0 Å². The van der Waals surface area contributed by atoms with Gasteiger partial charge >= 0.3 is 6.36 Å². The average Bonchev–Trinajstić information content (AvgIpc) is 2.78. The van der Waals surface area contributed by atoms with Crippen molar-refractivity contribution in [2.24, 2.45) is 0 Å². The molecular formula is C25H22Cl2F3NO5S. The number of carbonyl (C=O) groups is 1. The number of para-hydroxylation sites is 1. The minimum Gasteiger partial charge on any atom is -0.405 e. The van der Waals surface area contributed by atoms with Gasteiger partial charge in [-0.05, 0) is 42.8 Å². The van der Waals surface area contributed by atoms with E-state index >= 15 is 0 Å². The van der Waals surface area contributed by atoms with Gasteiger partial charge in [-0.1, -0.05) is 53.5 Å². The Bertz CT molecular complexity index is 1390. The fourth-order valence-corrected chi connectivity index (χ4v) is 5.02. The van der Waals surface area contributed by atoms with Crippen LogP contribution in [0.3, 0.4) is 0 Å². The molecule has 1 N–H and O–H groups in total. The molecule has 0 aliphatic carbocycles. The summed E-state index contributed by atoms with van der Waals surface area (Å²) in [7, 11) is -2.01. The van der Waals surface area contributed by atoms with E-state index in [0.29, 0.717) is 5.56 Å². The molecule has 6 nitrogen and oxygen atoms in total. The molecule has 0 unspecified atom stereocenters. The largest absolute Gasteiger partial charge is 0.573 e. The van der Waals surface area contributed by atoms with Crippen LogP contribution in [0.2, 0.25) is 10.0 Å². The molecule has 3 aromatic rings. The Morgan fingerprint density at radius 2 is 1.57 bits per heavy atom. The van der Waals surface area contributed by atoms with Gasteiger partial charge in [-0.2, -0.15) is 0 Å². The Labute approximate surface area is 222 Å². The first kappa shape index (κ1) is 28.8. The monoisotopic (exact) mass is 575 g/mol. The fourth-order valence-electron chi connectivity index (χ4n) is 3.70. The van der Waals surface area contributed by atoms with Crippen LogP contribution in [0, 0.1) is 0 Å². The molecule has 0 bridgehead atoms. The Hall–Kier alpha value is -2.79. The average molecular weight is 576 g/mol. The molecule has 12 heteroatoms.